The number of nitrogens with two attached hydrogens (primary N) is 1. The van der Waals surface area contributed by atoms with Crippen LogP contribution in [0.4, 0.5) is 18.9 Å². The van der Waals surface area contributed by atoms with E-state index < -0.39 is 6.36 Å². The highest BCUT2D eigenvalue weighted by Gasteiger charge is 2.58. The fourth-order valence-corrected chi connectivity index (χ4v) is 3.83. The molecule has 0 amide bonds. The van der Waals surface area contributed by atoms with Gasteiger partial charge in [0, 0.05) is 23.6 Å². The smallest absolute Gasteiger partial charge is 0.406 e. The zero-order valence-corrected chi connectivity index (χ0v) is 16.9. The first-order valence-electron chi connectivity index (χ1n) is 8.24. The Hall–Kier alpha value is -1.23. The Morgan fingerprint density at radius 2 is 1.96 bits per heavy atom. The number of ether oxygens (including phenoxy) is 2. The number of nitrogens with one attached hydrogen (secondary N) is 1. The van der Waals surface area contributed by atoms with E-state index in [1.807, 2.05) is 0 Å². The van der Waals surface area contributed by atoms with Crippen LogP contribution >= 0.6 is 24.0 Å². The van der Waals surface area contributed by atoms with E-state index in [1.54, 1.807) is 0 Å². The number of benzene rings is 1. The van der Waals surface area contributed by atoms with Crippen molar-refractivity contribution in [2.75, 3.05) is 11.9 Å². The van der Waals surface area contributed by atoms with Crippen molar-refractivity contribution in [1.82, 2.24) is 0 Å². The predicted molar refractivity (Wildman–Crippen MR) is 104 cm³/mol. The molecule has 3 N–H and O–H groups in total. The maximum absolute atomic E-state index is 12.2. The molecule has 1 aromatic rings. The molecule has 3 atom stereocenters. The summed E-state index contributed by atoms with van der Waals surface area (Å²) in [6.07, 6.45) is -2.40. The molecule has 1 saturated carbocycles. The van der Waals surface area contributed by atoms with Crippen LogP contribution in [0.15, 0.2) is 29.3 Å². The molecule has 2 aliphatic rings. The third kappa shape index (κ3) is 4.54. The molecule has 3 unspecified atom stereocenters. The molecule has 1 aliphatic heterocycles. The number of hydrogen-bond acceptors (Lipinski definition) is 3. The van der Waals surface area contributed by atoms with Crippen LogP contribution in [0.5, 0.6) is 5.75 Å². The minimum absolute atomic E-state index is 0. The number of nitrogens with zero attached hydrogens (tertiary/aromatic N) is 1. The zero-order valence-electron chi connectivity index (χ0n) is 14.5. The molecule has 146 valence electrons. The lowest BCUT2D eigenvalue weighted by atomic mass is 9.55. The van der Waals surface area contributed by atoms with Crippen LogP contribution in [0.3, 0.4) is 0 Å². The van der Waals surface area contributed by atoms with E-state index in [1.165, 1.54) is 24.3 Å². The van der Waals surface area contributed by atoms with E-state index in [-0.39, 0.29) is 53.2 Å². The number of halogens is 4. The van der Waals surface area contributed by atoms with Gasteiger partial charge in [-0.1, -0.05) is 13.8 Å². The van der Waals surface area contributed by atoms with Crippen LogP contribution in [0.1, 0.15) is 26.7 Å². The summed E-state index contributed by atoms with van der Waals surface area (Å²) in [5, 5.41) is 2.91. The SMILES string of the molecule is CC1(C)C(N=C(N)Nc2ccc(OC(F)(F)F)cc2)C2CCCOC21.I. The first-order chi connectivity index (χ1) is 11.7. The number of alkyl halides is 3. The molecule has 5 nitrogen and oxygen atoms in total. The largest absolute Gasteiger partial charge is 0.573 e. The molecule has 1 heterocycles. The molecule has 3 rings (SSSR count). The second-order valence-corrected chi connectivity index (χ2v) is 7.08. The van der Waals surface area contributed by atoms with Gasteiger partial charge in [0.15, 0.2) is 5.96 Å². The van der Waals surface area contributed by atoms with Crippen LogP contribution in [0.25, 0.3) is 0 Å². The molecule has 0 spiro atoms. The Bertz CT molecular complexity index is 650. The highest BCUT2D eigenvalue weighted by molar-refractivity contribution is 14.0. The van der Waals surface area contributed by atoms with Gasteiger partial charge in [0.1, 0.15) is 5.75 Å². The first-order valence-corrected chi connectivity index (χ1v) is 8.24. The molecule has 1 aliphatic carbocycles. The van der Waals surface area contributed by atoms with Gasteiger partial charge in [-0.3, -0.25) is 0 Å². The van der Waals surface area contributed by atoms with Crippen molar-refractivity contribution in [2.24, 2.45) is 22.1 Å². The Kier molecular flexibility index (Phi) is 6.32. The van der Waals surface area contributed by atoms with Crippen molar-refractivity contribution in [3.8, 4) is 5.75 Å². The third-order valence-corrected chi connectivity index (χ3v) is 4.91. The lowest BCUT2D eigenvalue weighted by molar-refractivity contribution is -0.274. The highest BCUT2D eigenvalue weighted by atomic mass is 127. The summed E-state index contributed by atoms with van der Waals surface area (Å²) < 4.78 is 46.2. The molecule has 0 aromatic heterocycles. The number of fused-ring (bicyclic) bond motifs is 1. The van der Waals surface area contributed by atoms with Crippen LogP contribution in [0.2, 0.25) is 0 Å². The fraction of sp³-hybridized carbons (Fsp3) is 0.588. The third-order valence-electron chi connectivity index (χ3n) is 4.91. The Morgan fingerprint density at radius 3 is 2.58 bits per heavy atom. The summed E-state index contributed by atoms with van der Waals surface area (Å²) in [6, 6.07) is 5.44. The van der Waals surface area contributed by atoms with Gasteiger partial charge < -0.3 is 20.5 Å². The van der Waals surface area contributed by atoms with Crippen molar-refractivity contribution < 1.29 is 22.6 Å². The molecule has 2 fully saturated rings. The highest BCUT2D eigenvalue weighted by Crippen LogP contribution is 2.53. The Balaban J connectivity index is 0.00000243. The number of rotatable bonds is 3. The molecule has 0 radical (unpaired) electrons. The second kappa shape index (κ2) is 7.79. The van der Waals surface area contributed by atoms with Crippen molar-refractivity contribution in [3.63, 3.8) is 0 Å². The molecule has 1 saturated heterocycles. The monoisotopic (exact) mass is 485 g/mol. The minimum Gasteiger partial charge on any atom is -0.406 e. The molecule has 0 bridgehead atoms. The van der Waals surface area contributed by atoms with Gasteiger partial charge in [-0.25, -0.2) is 4.99 Å². The normalized spacial score (nSPS) is 27.6. The zero-order chi connectivity index (χ0) is 18.2. The molecule has 1 aromatic carbocycles. The summed E-state index contributed by atoms with van der Waals surface area (Å²) in [5.74, 6) is 0.328. The van der Waals surface area contributed by atoms with Crippen LogP contribution in [-0.2, 0) is 4.74 Å². The lowest BCUT2D eigenvalue weighted by Gasteiger charge is -2.58. The molecule has 9 heteroatoms. The van der Waals surface area contributed by atoms with Gasteiger partial charge in [-0.15, -0.1) is 37.1 Å². The van der Waals surface area contributed by atoms with Crippen LogP contribution in [0, 0.1) is 11.3 Å². The van der Waals surface area contributed by atoms with E-state index in [2.05, 4.69) is 28.9 Å². The molecular formula is C17H23F3IN3O2. The fourth-order valence-electron chi connectivity index (χ4n) is 3.83. The van der Waals surface area contributed by atoms with Crippen LogP contribution < -0.4 is 15.8 Å². The van der Waals surface area contributed by atoms with Gasteiger partial charge >= 0.3 is 6.36 Å². The quantitative estimate of drug-likeness (QED) is 0.384. The molecular weight excluding hydrogens is 462 g/mol. The minimum atomic E-state index is -4.70. The van der Waals surface area contributed by atoms with Gasteiger partial charge in [-0.05, 0) is 37.1 Å². The average molecular weight is 485 g/mol. The van der Waals surface area contributed by atoms with E-state index in [4.69, 9.17) is 10.5 Å². The molecule has 26 heavy (non-hydrogen) atoms. The maximum atomic E-state index is 12.2. The van der Waals surface area contributed by atoms with E-state index in [0.29, 0.717) is 11.6 Å². The van der Waals surface area contributed by atoms with Gasteiger partial charge in [0.25, 0.3) is 0 Å². The summed E-state index contributed by atoms with van der Waals surface area (Å²) in [6.45, 7) is 5.02. The van der Waals surface area contributed by atoms with E-state index in [0.717, 1.165) is 19.4 Å². The number of aliphatic imine (C=N–C) groups is 1. The maximum Gasteiger partial charge on any atom is 0.573 e. The second-order valence-electron chi connectivity index (χ2n) is 7.08. The van der Waals surface area contributed by atoms with Crippen molar-refractivity contribution in [1.29, 1.82) is 0 Å². The first kappa shape index (κ1) is 21.1. The summed E-state index contributed by atoms with van der Waals surface area (Å²) in [4.78, 5) is 4.59. The summed E-state index contributed by atoms with van der Waals surface area (Å²) in [5.41, 5.74) is 6.45. The predicted octanol–water partition coefficient (Wildman–Crippen LogP) is 4.13. The van der Waals surface area contributed by atoms with Crippen molar-refractivity contribution >= 4 is 35.6 Å². The number of anilines is 1. The van der Waals surface area contributed by atoms with Crippen LogP contribution in [-0.4, -0.2) is 31.1 Å². The number of guanidine groups is 1. The standard InChI is InChI=1S/C17H22F3N3O2.HI/c1-16(2)13(12-4-3-9-24-14(12)16)23-15(21)22-10-5-7-11(8-6-10)25-17(18,19)20;/h5-8,12-14H,3-4,9H2,1-2H3,(H3,21,22,23);1H. The number of hydrogen-bond donors (Lipinski definition) is 2. The van der Waals surface area contributed by atoms with Gasteiger partial charge in [0.05, 0.1) is 12.1 Å². The van der Waals surface area contributed by atoms with Crippen molar-refractivity contribution in [2.45, 2.75) is 45.2 Å². The Morgan fingerprint density at radius 1 is 1.31 bits per heavy atom. The average Bonchev–Trinajstić information content (AvgIpc) is 2.53. The summed E-state index contributed by atoms with van der Waals surface area (Å²) in [7, 11) is 0. The van der Waals surface area contributed by atoms with Crippen molar-refractivity contribution in [3.05, 3.63) is 24.3 Å². The summed E-state index contributed by atoms with van der Waals surface area (Å²) >= 11 is 0. The van der Waals surface area contributed by atoms with Gasteiger partial charge in [-0.2, -0.15) is 0 Å². The Labute approximate surface area is 167 Å². The van der Waals surface area contributed by atoms with Gasteiger partial charge in [0.2, 0.25) is 0 Å². The van der Waals surface area contributed by atoms with E-state index >= 15 is 0 Å². The topological polar surface area (TPSA) is 68.9 Å². The lowest BCUT2D eigenvalue weighted by Crippen LogP contribution is -2.64. The van der Waals surface area contributed by atoms with E-state index in [9.17, 15) is 13.2 Å².